The van der Waals surface area contributed by atoms with E-state index < -0.39 is 5.97 Å². The standard InChI is InChI=1S/C20H20N2O3S/c23-19(11-14-4-3-9-26-14)21-13-7-8-18-16(10-13)15-5-1-2-6-17(15)22(18)12-20(24)25/h1-6,9,13H,7-8,10-12H2,(H,21,23)(H,24,25)/t13-/m1/s1. The number of nitrogens with one attached hydrogen (secondary N) is 1. The fourth-order valence-electron chi connectivity index (χ4n) is 3.89. The monoisotopic (exact) mass is 368 g/mol. The molecule has 4 rings (SSSR count). The van der Waals surface area contributed by atoms with Gasteiger partial charge in [-0.15, -0.1) is 11.3 Å². The van der Waals surface area contributed by atoms with Gasteiger partial charge in [-0.25, -0.2) is 0 Å². The summed E-state index contributed by atoms with van der Waals surface area (Å²) in [7, 11) is 0. The second kappa shape index (κ2) is 6.96. The highest BCUT2D eigenvalue weighted by Gasteiger charge is 2.26. The van der Waals surface area contributed by atoms with Crippen LogP contribution < -0.4 is 5.32 Å². The predicted molar refractivity (Wildman–Crippen MR) is 102 cm³/mol. The Bertz CT molecular complexity index is 959. The second-order valence-electron chi connectivity index (χ2n) is 6.69. The highest BCUT2D eigenvalue weighted by atomic mass is 32.1. The quantitative estimate of drug-likeness (QED) is 0.727. The molecule has 5 nitrogen and oxygen atoms in total. The summed E-state index contributed by atoms with van der Waals surface area (Å²) in [5, 5.41) is 15.5. The average Bonchev–Trinajstić information content (AvgIpc) is 3.22. The first-order chi connectivity index (χ1) is 12.6. The van der Waals surface area contributed by atoms with Gasteiger partial charge in [0, 0.05) is 27.5 Å². The zero-order valence-electron chi connectivity index (χ0n) is 14.3. The van der Waals surface area contributed by atoms with Gasteiger partial charge in [-0.2, -0.15) is 0 Å². The molecule has 1 aliphatic carbocycles. The minimum Gasteiger partial charge on any atom is -0.480 e. The van der Waals surface area contributed by atoms with E-state index in [9.17, 15) is 14.7 Å². The molecule has 0 saturated carbocycles. The summed E-state index contributed by atoms with van der Waals surface area (Å²) in [6, 6.07) is 12.0. The molecule has 0 aliphatic heterocycles. The number of carbonyl (C=O) groups excluding carboxylic acids is 1. The molecule has 3 aromatic rings. The zero-order valence-corrected chi connectivity index (χ0v) is 15.1. The Morgan fingerprint density at radius 2 is 2.08 bits per heavy atom. The third-order valence-electron chi connectivity index (χ3n) is 4.95. The molecule has 0 unspecified atom stereocenters. The van der Waals surface area contributed by atoms with Crippen molar-refractivity contribution in [3.8, 4) is 0 Å². The minimum absolute atomic E-state index is 0.0226. The van der Waals surface area contributed by atoms with E-state index in [1.807, 2.05) is 46.3 Å². The summed E-state index contributed by atoms with van der Waals surface area (Å²) < 4.78 is 1.91. The van der Waals surface area contributed by atoms with Crippen LogP contribution in [-0.4, -0.2) is 27.6 Å². The minimum atomic E-state index is -0.833. The molecule has 134 valence electrons. The lowest BCUT2D eigenvalue weighted by Crippen LogP contribution is -2.39. The molecule has 0 saturated heterocycles. The molecule has 2 aromatic heterocycles. The van der Waals surface area contributed by atoms with Gasteiger partial charge in [-0.05, 0) is 42.3 Å². The normalized spacial score (nSPS) is 16.4. The molecule has 1 atom stereocenters. The first-order valence-electron chi connectivity index (χ1n) is 8.74. The van der Waals surface area contributed by atoms with Crippen LogP contribution in [0.25, 0.3) is 10.9 Å². The Hall–Kier alpha value is -2.60. The number of amides is 1. The molecular weight excluding hydrogens is 348 g/mol. The highest BCUT2D eigenvalue weighted by molar-refractivity contribution is 7.10. The van der Waals surface area contributed by atoms with E-state index in [0.717, 1.165) is 40.7 Å². The van der Waals surface area contributed by atoms with Gasteiger partial charge in [0.1, 0.15) is 6.54 Å². The summed E-state index contributed by atoms with van der Waals surface area (Å²) in [6.45, 7) is -0.0226. The van der Waals surface area contributed by atoms with E-state index >= 15 is 0 Å². The van der Waals surface area contributed by atoms with Gasteiger partial charge in [0.15, 0.2) is 0 Å². The largest absolute Gasteiger partial charge is 0.480 e. The Morgan fingerprint density at radius 3 is 2.85 bits per heavy atom. The lowest BCUT2D eigenvalue weighted by Gasteiger charge is -2.25. The van der Waals surface area contributed by atoms with Crippen LogP contribution >= 0.6 is 11.3 Å². The number of carbonyl (C=O) groups is 2. The number of fused-ring (bicyclic) bond motifs is 3. The van der Waals surface area contributed by atoms with Crippen molar-refractivity contribution in [2.24, 2.45) is 0 Å². The first-order valence-corrected chi connectivity index (χ1v) is 9.62. The molecular formula is C20H20N2O3S. The number of hydrogen-bond acceptors (Lipinski definition) is 3. The summed E-state index contributed by atoms with van der Waals surface area (Å²) in [5.41, 5.74) is 3.23. The number of carboxylic acids is 1. The maximum absolute atomic E-state index is 12.3. The smallest absolute Gasteiger partial charge is 0.323 e. The molecule has 0 bridgehead atoms. The number of aromatic nitrogens is 1. The number of para-hydroxylation sites is 1. The Morgan fingerprint density at radius 1 is 1.23 bits per heavy atom. The number of rotatable bonds is 5. The van der Waals surface area contributed by atoms with E-state index in [0.29, 0.717) is 6.42 Å². The van der Waals surface area contributed by atoms with Crippen molar-refractivity contribution in [2.75, 3.05) is 0 Å². The fraction of sp³-hybridized carbons (Fsp3) is 0.300. The molecule has 2 N–H and O–H groups in total. The van der Waals surface area contributed by atoms with Crippen molar-refractivity contribution in [3.05, 3.63) is 57.9 Å². The van der Waals surface area contributed by atoms with Crippen LogP contribution in [0.15, 0.2) is 41.8 Å². The van der Waals surface area contributed by atoms with Crippen molar-refractivity contribution in [3.63, 3.8) is 0 Å². The van der Waals surface area contributed by atoms with Crippen molar-refractivity contribution < 1.29 is 14.7 Å². The topological polar surface area (TPSA) is 71.3 Å². The summed E-state index contributed by atoms with van der Waals surface area (Å²) >= 11 is 1.59. The van der Waals surface area contributed by atoms with Crippen molar-refractivity contribution in [1.29, 1.82) is 0 Å². The molecule has 6 heteroatoms. The summed E-state index contributed by atoms with van der Waals surface area (Å²) in [4.78, 5) is 24.7. The van der Waals surface area contributed by atoms with E-state index in [1.165, 1.54) is 5.56 Å². The van der Waals surface area contributed by atoms with E-state index in [-0.39, 0.29) is 18.5 Å². The molecule has 1 aromatic carbocycles. The van der Waals surface area contributed by atoms with E-state index in [1.54, 1.807) is 11.3 Å². The van der Waals surface area contributed by atoms with Crippen LogP contribution in [0.2, 0.25) is 0 Å². The van der Waals surface area contributed by atoms with Crippen LogP contribution in [-0.2, 0) is 35.4 Å². The molecule has 1 aliphatic rings. The number of aliphatic carboxylic acids is 1. The van der Waals surface area contributed by atoms with Crippen LogP contribution in [0.3, 0.4) is 0 Å². The third kappa shape index (κ3) is 3.24. The highest BCUT2D eigenvalue weighted by Crippen LogP contribution is 2.32. The van der Waals surface area contributed by atoms with Crippen molar-refractivity contribution in [2.45, 2.75) is 38.3 Å². The number of carboxylic acid groups (broad SMARTS) is 1. The Balaban J connectivity index is 1.56. The van der Waals surface area contributed by atoms with Crippen LogP contribution in [0.4, 0.5) is 0 Å². The lowest BCUT2D eigenvalue weighted by molar-refractivity contribution is -0.137. The van der Waals surface area contributed by atoms with Gasteiger partial charge in [-0.3, -0.25) is 9.59 Å². The van der Waals surface area contributed by atoms with Crippen LogP contribution in [0, 0.1) is 0 Å². The second-order valence-corrected chi connectivity index (χ2v) is 7.72. The molecule has 0 radical (unpaired) electrons. The molecule has 0 spiro atoms. The van der Waals surface area contributed by atoms with Gasteiger partial charge in [0.25, 0.3) is 0 Å². The van der Waals surface area contributed by atoms with Gasteiger partial charge in [0.2, 0.25) is 5.91 Å². The fourth-order valence-corrected chi connectivity index (χ4v) is 4.59. The zero-order chi connectivity index (χ0) is 18.1. The molecule has 0 fully saturated rings. The van der Waals surface area contributed by atoms with Crippen molar-refractivity contribution >= 4 is 34.1 Å². The number of hydrogen-bond donors (Lipinski definition) is 2. The van der Waals surface area contributed by atoms with Gasteiger partial charge < -0.3 is 15.0 Å². The van der Waals surface area contributed by atoms with Gasteiger partial charge >= 0.3 is 5.97 Å². The SMILES string of the molecule is O=C(O)Cn1c2c(c3ccccc31)C[C@H](NC(=O)Cc1cccs1)CC2. The van der Waals surface area contributed by atoms with Crippen molar-refractivity contribution in [1.82, 2.24) is 9.88 Å². The first kappa shape index (κ1) is 16.8. The van der Waals surface area contributed by atoms with Crippen LogP contribution in [0.5, 0.6) is 0 Å². The maximum atomic E-state index is 12.3. The number of benzene rings is 1. The Labute approximate surface area is 155 Å². The summed E-state index contributed by atoms with van der Waals surface area (Å²) in [5.74, 6) is -0.782. The van der Waals surface area contributed by atoms with E-state index in [2.05, 4.69) is 5.32 Å². The van der Waals surface area contributed by atoms with Gasteiger partial charge in [-0.1, -0.05) is 24.3 Å². The number of nitrogens with zero attached hydrogens (tertiary/aromatic N) is 1. The number of thiophene rings is 1. The maximum Gasteiger partial charge on any atom is 0.323 e. The van der Waals surface area contributed by atoms with Crippen LogP contribution in [0.1, 0.15) is 22.6 Å². The van der Waals surface area contributed by atoms with E-state index in [4.69, 9.17) is 0 Å². The predicted octanol–water partition coefficient (Wildman–Crippen LogP) is 3.00. The van der Waals surface area contributed by atoms with Gasteiger partial charge in [0.05, 0.1) is 6.42 Å². The molecule has 26 heavy (non-hydrogen) atoms. The third-order valence-corrected chi connectivity index (χ3v) is 5.82. The summed E-state index contributed by atoms with van der Waals surface area (Å²) in [6.07, 6.45) is 2.78. The average molecular weight is 368 g/mol. The molecule has 2 heterocycles. The Kier molecular flexibility index (Phi) is 4.51. The lowest BCUT2D eigenvalue weighted by atomic mass is 9.91. The molecule has 1 amide bonds.